The van der Waals surface area contributed by atoms with E-state index in [0.29, 0.717) is 22.3 Å². The summed E-state index contributed by atoms with van der Waals surface area (Å²) in [5.74, 6) is -0.686. The average Bonchev–Trinajstić information content (AvgIpc) is 2.62. The van der Waals surface area contributed by atoms with Crippen LogP contribution in [-0.4, -0.2) is 13.0 Å². The van der Waals surface area contributed by atoms with Gasteiger partial charge in [-0.05, 0) is 51.8 Å². The molecule has 0 bridgehead atoms. The number of halogens is 2. The molecule has 0 atom stereocenters. The summed E-state index contributed by atoms with van der Waals surface area (Å²) in [6.45, 7) is 0.716. The fourth-order valence-electron chi connectivity index (χ4n) is 2.72. The van der Waals surface area contributed by atoms with E-state index in [2.05, 4.69) is 38.3 Å². The molecule has 5 heteroatoms. The molecular weight excluding hydrogens is 395 g/mol. The van der Waals surface area contributed by atoms with Crippen LogP contribution in [0.5, 0.6) is 0 Å². The smallest absolute Gasteiger partial charge is 0.256 e. The molecule has 0 radical (unpaired) electrons. The standard InChI is InChI=1S/C21H18BrFN2O/c1-25(14-15-7-3-2-4-8-15)20-10-6-5-9-19(20)24-21(26)17-12-11-16(23)13-18(17)22/h2-13H,14H2,1H3,(H,24,26). The van der Waals surface area contributed by atoms with E-state index in [-0.39, 0.29) is 5.91 Å². The summed E-state index contributed by atoms with van der Waals surface area (Å²) in [4.78, 5) is 14.7. The number of rotatable bonds is 5. The zero-order valence-corrected chi connectivity index (χ0v) is 15.8. The summed E-state index contributed by atoms with van der Waals surface area (Å²) in [5.41, 5.74) is 3.17. The first-order valence-corrected chi connectivity index (χ1v) is 8.94. The van der Waals surface area contributed by atoms with Crippen LogP contribution in [0.1, 0.15) is 15.9 Å². The molecule has 26 heavy (non-hydrogen) atoms. The molecule has 1 amide bonds. The van der Waals surface area contributed by atoms with E-state index in [0.717, 1.165) is 5.69 Å². The molecule has 3 rings (SSSR count). The lowest BCUT2D eigenvalue weighted by molar-refractivity contribution is 0.102. The Bertz CT molecular complexity index is 915. The fraction of sp³-hybridized carbons (Fsp3) is 0.0952. The van der Waals surface area contributed by atoms with Gasteiger partial charge in [-0.3, -0.25) is 4.79 Å². The van der Waals surface area contributed by atoms with Crippen LogP contribution in [0.4, 0.5) is 15.8 Å². The quantitative estimate of drug-likeness (QED) is 0.601. The number of amides is 1. The van der Waals surface area contributed by atoms with E-state index in [4.69, 9.17) is 0 Å². The van der Waals surface area contributed by atoms with Gasteiger partial charge in [0.1, 0.15) is 5.82 Å². The number of hydrogen-bond acceptors (Lipinski definition) is 2. The number of para-hydroxylation sites is 2. The lowest BCUT2D eigenvalue weighted by atomic mass is 10.1. The predicted octanol–water partition coefficient (Wildman–Crippen LogP) is 5.48. The number of hydrogen-bond donors (Lipinski definition) is 1. The van der Waals surface area contributed by atoms with Crippen molar-refractivity contribution < 1.29 is 9.18 Å². The number of nitrogens with zero attached hydrogens (tertiary/aromatic N) is 1. The van der Waals surface area contributed by atoms with Crippen molar-refractivity contribution in [1.82, 2.24) is 0 Å². The second-order valence-electron chi connectivity index (χ2n) is 5.94. The van der Waals surface area contributed by atoms with Gasteiger partial charge in [0, 0.05) is 18.1 Å². The highest BCUT2D eigenvalue weighted by Crippen LogP contribution is 2.27. The Hall–Kier alpha value is -2.66. The van der Waals surface area contributed by atoms with E-state index >= 15 is 0 Å². The van der Waals surface area contributed by atoms with Gasteiger partial charge in [0.15, 0.2) is 0 Å². The minimum absolute atomic E-state index is 0.294. The van der Waals surface area contributed by atoms with Gasteiger partial charge in [-0.1, -0.05) is 42.5 Å². The lowest BCUT2D eigenvalue weighted by Gasteiger charge is -2.23. The molecule has 0 spiro atoms. The Labute approximate surface area is 160 Å². The molecule has 0 saturated carbocycles. The van der Waals surface area contributed by atoms with Crippen LogP contribution in [-0.2, 0) is 6.54 Å². The Balaban J connectivity index is 1.81. The molecular formula is C21H18BrFN2O. The molecule has 1 N–H and O–H groups in total. The highest BCUT2D eigenvalue weighted by Gasteiger charge is 2.14. The second-order valence-corrected chi connectivity index (χ2v) is 6.79. The van der Waals surface area contributed by atoms with Crippen molar-refractivity contribution in [3.05, 3.63) is 94.2 Å². The topological polar surface area (TPSA) is 32.3 Å². The number of benzene rings is 3. The minimum Gasteiger partial charge on any atom is -0.369 e. The Morgan fingerprint density at radius 1 is 1.04 bits per heavy atom. The Morgan fingerprint density at radius 3 is 2.46 bits per heavy atom. The molecule has 0 heterocycles. The van der Waals surface area contributed by atoms with E-state index < -0.39 is 5.82 Å². The molecule has 3 nitrogen and oxygen atoms in total. The summed E-state index contributed by atoms with van der Waals surface area (Å²) in [6.07, 6.45) is 0. The van der Waals surface area contributed by atoms with E-state index in [1.165, 1.54) is 23.8 Å². The van der Waals surface area contributed by atoms with Crippen LogP contribution < -0.4 is 10.2 Å². The monoisotopic (exact) mass is 412 g/mol. The maximum absolute atomic E-state index is 13.2. The van der Waals surface area contributed by atoms with Crippen molar-refractivity contribution in [3.8, 4) is 0 Å². The van der Waals surface area contributed by atoms with Gasteiger partial charge in [-0.2, -0.15) is 0 Å². The molecule has 0 saturated heterocycles. The van der Waals surface area contributed by atoms with Gasteiger partial charge in [-0.25, -0.2) is 4.39 Å². The first-order chi connectivity index (χ1) is 12.5. The molecule has 0 aliphatic rings. The van der Waals surface area contributed by atoms with Crippen molar-refractivity contribution in [2.24, 2.45) is 0 Å². The number of anilines is 2. The number of nitrogens with one attached hydrogen (secondary N) is 1. The summed E-state index contributed by atoms with van der Waals surface area (Å²) >= 11 is 3.24. The van der Waals surface area contributed by atoms with Gasteiger partial charge in [0.25, 0.3) is 5.91 Å². The van der Waals surface area contributed by atoms with Gasteiger partial charge >= 0.3 is 0 Å². The van der Waals surface area contributed by atoms with Crippen molar-refractivity contribution in [3.63, 3.8) is 0 Å². The zero-order chi connectivity index (χ0) is 18.5. The molecule has 3 aromatic carbocycles. The van der Waals surface area contributed by atoms with E-state index in [1.54, 1.807) is 0 Å². The molecule has 0 aliphatic carbocycles. The second kappa shape index (κ2) is 8.15. The van der Waals surface area contributed by atoms with E-state index in [1.807, 2.05) is 49.5 Å². The third kappa shape index (κ3) is 4.29. The van der Waals surface area contributed by atoms with Crippen LogP contribution in [0.15, 0.2) is 77.3 Å². The van der Waals surface area contributed by atoms with Crippen molar-refractivity contribution in [1.29, 1.82) is 0 Å². The highest BCUT2D eigenvalue weighted by molar-refractivity contribution is 9.10. The molecule has 0 fully saturated rings. The average molecular weight is 413 g/mol. The van der Waals surface area contributed by atoms with Crippen LogP contribution in [0.2, 0.25) is 0 Å². The SMILES string of the molecule is CN(Cc1ccccc1)c1ccccc1NC(=O)c1ccc(F)cc1Br. The van der Waals surface area contributed by atoms with Gasteiger partial charge < -0.3 is 10.2 Å². The van der Waals surface area contributed by atoms with Crippen LogP contribution in [0.25, 0.3) is 0 Å². The summed E-state index contributed by atoms with van der Waals surface area (Å²) in [7, 11) is 1.98. The van der Waals surface area contributed by atoms with Gasteiger partial charge in [-0.15, -0.1) is 0 Å². The van der Waals surface area contributed by atoms with Crippen molar-refractivity contribution >= 4 is 33.2 Å². The van der Waals surface area contributed by atoms with Gasteiger partial charge in [0.05, 0.1) is 16.9 Å². The molecule has 132 valence electrons. The summed E-state index contributed by atoms with van der Waals surface area (Å²) in [6, 6.07) is 21.7. The molecule has 3 aromatic rings. The summed E-state index contributed by atoms with van der Waals surface area (Å²) in [5, 5.41) is 2.92. The zero-order valence-electron chi connectivity index (χ0n) is 14.2. The first-order valence-electron chi connectivity index (χ1n) is 8.15. The van der Waals surface area contributed by atoms with Crippen molar-refractivity contribution in [2.45, 2.75) is 6.54 Å². The van der Waals surface area contributed by atoms with Gasteiger partial charge in [0.2, 0.25) is 0 Å². The van der Waals surface area contributed by atoms with Crippen molar-refractivity contribution in [2.75, 3.05) is 17.3 Å². The minimum atomic E-state index is -0.392. The largest absolute Gasteiger partial charge is 0.369 e. The highest BCUT2D eigenvalue weighted by atomic mass is 79.9. The Kier molecular flexibility index (Phi) is 5.68. The lowest BCUT2D eigenvalue weighted by Crippen LogP contribution is -2.20. The van der Waals surface area contributed by atoms with Crippen LogP contribution in [0, 0.1) is 5.82 Å². The third-order valence-electron chi connectivity index (χ3n) is 4.00. The van der Waals surface area contributed by atoms with Crippen LogP contribution in [0.3, 0.4) is 0 Å². The first kappa shape index (κ1) is 18.1. The number of carbonyl (C=O) groups is 1. The van der Waals surface area contributed by atoms with E-state index in [9.17, 15) is 9.18 Å². The molecule has 0 aliphatic heterocycles. The normalized spacial score (nSPS) is 10.4. The van der Waals surface area contributed by atoms with Crippen LogP contribution >= 0.6 is 15.9 Å². The summed E-state index contributed by atoms with van der Waals surface area (Å²) < 4.78 is 13.7. The predicted molar refractivity (Wildman–Crippen MR) is 107 cm³/mol. The number of carbonyl (C=O) groups excluding carboxylic acids is 1. The third-order valence-corrected chi connectivity index (χ3v) is 4.66. The Morgan fingerprint density at radius 2 is 1.73 bits per heavy atom. The maximum atomic E-state index is 13.2. The maximum Gasteiger partial charge on any atom is 0.256 e. The molecule has 0 unspecified atom stereocenters. The molecule has 0 aromatic heterocycles. The fourth-order valence-corrected chi connectivity index (χ4v) is 3.25.